The molecule has 1 aliphatic rings. The number of hydrogen-bond donors (Lipinski definition) is 0. The predicted molar refractivity (Wildman–Crippen MR) is 68.8 cm³/mol. The normalized spacial score (nSPS) is 18.4. The smallest absolute Gasteiger partial charge is 0.122 e. The summed E-state index contributed by atoms with van der Waals surface area (Å²) in [6.07, 6.45) is 2.54. The summed E-state index contributed by atoms with van der Waals surface area (Å²) in [6.45, 7) is 4.33. The summed E-state index contributed by atoms with van der Waals surface area (Å²) in [5.74, 6) is 0.888. The molecule has 0 aromatic heterocycles. The summed E-state index contributed by atoms with van der Waals surface area (Å²) in [5, 5.41) is 0. The van der Waals surface area contributed by atoms with Gasteiger partial charge < -0.3 is 14.4 Å². The lowest BCUT2D eigenvalue weighted by molar-refractivity contribution is -0.108. The van der Waals surface area contributed by atoms with E-state index in [2.05, 4.69) is 30.9 Å². The Hall–Kier alpha value is -1.51. The molecule has 0 saturated heterocycles. The van der Waals surface area contributed by atoms with Gasteiger partial charge in [0.2, 0.25) is 0 Å². The topological polar surface area (TPSA) is 29.5 Å². The van der Waals surface area contributed by atoms with Crippen molar-refractivity contribution in [2.24, 2.45) is 0 Å². The lowest BCUT2D eigenvalue weighted by Gasteiger charge is -2.30. The van der Waals surface area contributed by atoms with Crippen molar-refractivity contribution in [3.05, 3.63) is 23.8 Å². The van der Waals surface area contributed by atoms with Crippen molar-refractivity contribution in [3.63, 3.8) is 0 Å². The van der Waals surface area contributed by atoms with Crippen LogP contribution < -0.4 is 9.64 Å². The quantitative estimate of drug-likeness (QED) is 0.748. The molecule has 1 atom stereocenters. The fourth-order valence-corrected chi connectivity index (χ4v) is 2.66. The Balaban J connectivity index is 2.35. The molecule has 2 rings (SSSR count). The first-order valence-electron chi connectivity index (χ1n) is 6.06. The van der Waals surface area contributed by atoms with Crippen LogP contribution in [0.3, 0.4) is 0 Å². The van der Waals surface area contributed by atoms with Crippen LogP contribution >= 0.6 is 0 Å². The van der Waals surface area contributed by atoms with Gasteiger partial charge in [-0.2, -0.15) is 0 Å². The first kappa shape index (κ1) is 12.0. The first-order chi connectivity index (χ1) is 8.17. The predicted octanol–water partition coefficient (Wildman–Crippen LogP) is 2.42. The fourth-order valence-electron chi connectivity index (χ4n) is 2.66. The van der Waals surface area contributed by atoms with Crippen LogP contribution in [-0.2, 0) is 11.2 Å². The molecule has 1 aromatic rings. The minimum absolute atomic E-state index is 0.301. The molecule has 1 unspecified atom stereocenters. The molecule has 1 aromatic carbocycles. The molecule has 0 amide bonds. The summed E-state index contributed by atoms with van der Waals surface area (Å²) in [6, 6.07) is 6.87. The second-order valence-corrected chi connectivity index (χ2v) is 4.76. The Morgan fingerprint density at radius 2 is 2.29 bits per heavy atom. The lowest BCUT2D eigenvalue weighted by atomic mass is 10.1. The van der Waals surface area contributed by atoms with Gasteiger partial charge in [0.05, 0.1) is 7.11 Å². The SMILES string of the molecule is COc1ccc2c(c1)CC(CC=O)N2C(C)C. The third-order valence-electron chi connectivity index (χ3n) is 3.34. The molecule has 17 heavy (non-hydrogen) atoms. The number of carbonyl (C=O) groups is 1. The van der Waals surface area contributed by atoms with Gasteiger partial charge in [-0.25, -0.2) is 0 Å². The minimum atomic E-state index is 0.301. The Labute approximate surface area is 102 Å². The maximum atomic E-state index is 10.8. The van der Waals surface area contributed by atoms with E-state index in [1.165, 1.54) is 11.3 Å². The van der Waals surface area contributed by atoms with Crippen LogP contribution in [0.1, 0.15) is 25.8 Å². The van der Waals surface area contributed by atoms with E-state index in [4.69, 9.17) is 4.74 Å². The van der Waals surface area contributed by atoms with Crippen LogP contribution in [0.15, 0.2) is 18.2 Å². The highest BCUT2D eigenvalue weighted by Gasteiger charge is 2.30. The minimum Gasteiger partial charge on any atom is -0.497 e. The molecule has 0 radical (unpaired) electrons. The molecule has 1 heterocycles. The molecule has 0 bridgehead atoms. The number of methoxy groups -OCH3 is 1. The van der Waals surface area contributed by atoms with Gasteiger partial charge in [-0.05, 0) is 44.0 Å². The second-order valence-electron chi connectivity index (χ2n) is 4.76. The number of carbonyl (C=O) groups excluding carboxylic acids is 1. The summed E-state index contributed by atoms with van der Waals surface area (Å²) >= 11 is 0. The third kappa shape index (κ3) is 2.14. The van der Waals surface area contributed by atoms with E-state index in [0.29, 0.717) is 18.5 Å². The highest BCUT2D eigenvalue weighted by molar-refractivity contribution is 5.64. The maximum Gasteiger partial charge on any atom is 0.122 e. The van der Waals surface area contributed by atoms with Gasteiger partial charge in [0.1, 0.15) is 12.0 Å². The number of rotatable bonds is 4. The van der Waals surface area contributed by atoms with Crippen molar-refractivity contribution < 1.29 is 9.53 Å². The van der Waals surface area contributed by atoms with Crippen LogP contribution in [0.4, 0.5) is 5.69 Å². The number of hydrogen-bond acceptors (Lipinski definition) is 3. The van der Waals surface area contributed by atoms with Crippen LogP contribution in [-0.4, -0.2) is 25.5 Å². The summed E-state index contributed by atoms with van der Waals surface area (Å²) in [7, 11) is 1.68. The second kappa shape index (κ2) is 4.78. The van der Waals surface area contributed by atoms with Crippen molar-refractivity contribution in [2.45, 2.75) is 38.8 Å². The standard InChI is InChI=1S/C14H19NO2/c1-10(2)15-12(6-7-16)8-11-9-13(17-3)4-5-14(11)15/h4-5,7,9-10,12H,6,8H2,1-3H3. The largest absolute Gasteiger partial charge is 0.497 e. The summed E-state index contributed by atoms with van der Waals surface area (Å²) in [4.78, 5) is 13.1. The molecule has 0 saturated carbocycles. The molecule has 0 N–H and O–H groups in total. The molecular formula is C14H19NO2. The van der Waals surface area contributed by atoms with E-state index < -0.39 is 0 Å². The summed E-state index contributed by atoms with van der Waals surface area (Å²) in [5.41, 5.74) is 2.53. The van der Waals surface area contributed by atoms with E-state index in [1.54, 1.807) is 7.11 Å². The summed E-state index contributed by atoms with van der Waals surface area (Å²) < 4.78 is 5.24. The highest BCUT2D eigenvalue weighted by Crippen LogP contribution is 2.36. The van der Waals surface area contributed by atoms with E-state index in [9.17, 15) is 4.79 Å². The Bertz CT molecular complexity index is 415. The van der Waals surface area contributed by atoms with E-state index in [1.807, 2.05) is 6.07 Å². The van der Waals surface area contributed by atoms with Crippen molar-refractivity contribution >= 4 is 12.0 Å². The number of aldehydes is 1. The number of ether oxygens (including phenoxy) is 1. The van der Waals surface area contributed by atoms with E-state index in [-0.39, 0.29) is 0 Å². The van der Waals surface area contributed by atoms with Gasteiger partial charge in [-0.3, -0.25) is 0 Å². The average Bonchev–Trinajstić information content (AvgIpc) is 2.66. The average molecular weight is 233 g/mol. The van der Waals surface area contributed by atoms with Gasteiger partial charge in [0, 0.05) is 24.2 Å². The van der Waals surface area contributed by atoms with Crippen molar-refractivity contribution in [1.29, 1.82) is 0 Å². The molecule has 3 heteroatoms. The third-order valence-corrected chi connectivity index (χ3v) is 3.34. The molecule has 92 valence electrons. The first-order valence-corrected chi connectivity index (χ1v) is 6.06. The van der Waals surface area contributed by atoms with E-state index in [0.717, 1.165) is 18.5 Å². The maximum absolute atomic E-state index is 10.8. The van der Waals surface area contributed by atoms with Crippen LogP contribution in [0.2, 0.25) is 0 Å². The fraction of sp³-hybridized carbons (Fsp3) is 0.500. The van der Waals surface area contributed by atoms with Gasteiger partial charge in [-0.15, -0.1) is 0 Å². The molecule has 0 aliphatic carbocycles. The monoisotopic (exact) mass is 233 g/mol. The number of nitrogens with zero attached hydrogens (tertiary/aromatic N) is 1. The number of benzene rings is 1. The lowest BCUT2D eigenvalue weighted by Crippen LogP contribution is -2.37. The molecule has 3 nitrogen and oxygen atoms in total. The Morgan fingerprint density at radius 3 is 2.88 bits per heavy atom. The zero-order valence-electron chi connectivity index (χ0n) is 10.6. The van der Waals surface area contributed by atoms with Crippen LogP contribution in [0.25, 0.3) is 0 Å². The zero-order chi connectivity index (χ0) is 12.4. The molecular weight excluding hydrogens is 214 g/mol. The van der Waals surface area contributed by atoms with Crippen LogP contribution in [0, 0.1) is 0 Å². The Kier molecular flexibility index (Phi) is 3.36. The van der Waals surface area contributed by atoms with Gasteiger partial charge >= 0.3 is 0 Å². The molecule has 0 fully saturated rings. The zero-order valence-corrected chi connectivity index (χ0v) is 10.6. The van der Waals surface area contributed by atoms with Gasteiger partial charge in [0.15, 0.2) is 0 Å². The molecule has 0 spiro atoms. The Morgan fingerprint density at radius 1 is 1.53 bits per heavy atom. The van der Waals surface area contributed by atoms with Crippen molar-refractivity contribution in [1.82, 2.24) is 0 Å². The van der Waals surface area contributed by atoms with E-state index >= 15 is 0 Å². The van der Waals surface area contributed by atoms with Gasteiger partial charge in [0.25, 0.3) is 0 Å². The number of fused-ring (bicyclic) bond motifs is 1. The molecule has 1 aliphatic heterocycles. The number of anilines is 1. The van der Waals surface area contributed by atoms with Gasteiger partial charge in [-0.1, -0.05) is 0 Å². The van der Waals surface area contributed by atoms with Crippen molar-refractivity contribution in [2.75, 3.05) is 12.0 Å². The van der Waals surface area contributed by atoms with Crippen LogP contribution in [0.5, 0.6) is 5.75 Å². The highest BCUT2D eigenvalue weighted by atomic mass is 16.5. The van der Waals surface area contributed by atoms with Crippen molar-refractivity contribution in [3.8, 4) is 5.75 Å².